The molecule has 0 spiro atoms. The van der Waals surface area contributed by atoms with Crippen molar-refractivity contribution in [3.63, 3.8) is 0 Å². The molecule has 0 fully saturated rings. The minimum atomic E-state index is -3.55. The lowest BCUT2D eigenvalue weighted by molar-refractivity contribution is -0.121. The van der Waals surface area contributed by atoms with E-state index >= 15 is 0 Å². The van der Waals surface area contributed by atoms with E-state index in [1.807, 2.05) is 0 Å². The van der Waals surface area contributed by atoms with E-state index in [-0.39, 0.29) is 11.6 Å². The summed E-state index contributed by atoms with van der Waals surface area (Å²) in [6, 6.07) is 9.14. The highest BCUT2D eigenvalue weighted by Gasteiger charge is 2.27. The van der Waals surface area contributed by atoms with Gasteiger partial charge in [0.05, 0.1) is 10.6 Å². The van der Waals surface area contributed by atoms with Crippen molar-refractivity contribution in [3.05, 3.63) is 47.1 Å². The van der Waals surface area contributed by atoms with E-state index in [1.165, 1.54) is 30.4 Å². The zero-order valence-electron chi connectivity index (χ0n) is 14.3. The van der Waals surface area contributed by atoms with Crippen molar-refractivity contribution in [1.29, 1.82) is 0 Å². The fraction of sp³-hybridized carbons (Fsp3) is 0.294. The van der Waals surface area contributed by atoms with Crippen molar-refractivity contribution in [2.24, 2.45) is 0 Å². The summed E-state index contributed by atoms with van der Waals surface area (Å²) < 4.78 is 36.7. The smallest absolute Gasteiger partial charge is 0.272 e. The van der Waals surface area contributed by atoms with Crippen LogP contribution in [0.3, 0.4) is 0 Å². The quantitative estimate of drug-likeness (QED) is 0.732. The van der Waals surface area contributed by atoms with Gasteiger partial charge in [-0.3, -0.25) is 20.4 Å². The molecule has 0 bridgehead atoms. The molecule has 2 rings (SSSR count). The molecular formula is C17H19FN2O4S2. The molecule has 1 heterocycles. The molecule has 1 aromatic carbocycles. The van der Waals surface area contributed by atoms with Gasteiger partial charge in [0.25, 0.3) is 11.8 Å². The maximum absolute atomic E-state index is 13.0. The van der Waals surface area contributed by atoms with E-state index in [1.54, 1.807) is 31.2 Å². The lowest BCUT2D eigenvalue weighted by atomic mass is 10.2. The predicted molar refractivity (Wildman–Crippen MR) is 98.9 cm³/mol. The van der Waals surface area contributed by atoms with E-state index in [0.29, 0.717) is 11.3 Å². The summed E-state index contributed by atoms with van der Waals surface area (Å²) in [5.74, 6) is -1.79. The first-order valence-electron chi connectivity index (χ1n) is 7.92. The fourth-order valence-electron chi connectivity index (χ4n) is 2.14. The van der Waals surface area contributed by atoms with Crippen LogP contribution < -0.4 is 10.9 Å². The number of hydrogen-bond donors (Lipinski definition) is 2. The molecule has 6 nitrogen and oxygen atoms in total. The SMILES string of the molecule is CCCS(=O)(=O)C(C)C(=O)NNC(=O)c1ccc(-c2ccc(F)cc2)s1. The Hall–Kier alpha value is -2.26. The summed E-state index contributed by atoms with van der Waals surface area (Å²) in [4.78, 5) is 25.1. The van der Waals surface area contributed by atoms with Gasteiger partial charge in [0.15, 0.2) is 9.84 Å². The number of halogens is 1. The number of hydrogen-bond acceptors (Lipinski definition) is 5. The highest BCUT2D eigenvalue weighted by atomic mass is 32.2. The molecule has 1 atom stereocenters. The van der Waals surface area contributed by atoms with Crippen molar-refractivity contribution >= 4 is 33.0 Å². The van der Waals surface area contributed by atoms with Crippen LogP contribution in [-0.4, -0.2) is 31.2 Å². The van der Waals surface area contributed by atoms with Crippen molar-refractivity contribution in [3.8, 4) is 10.4 Å². The van der Waals surface area contributed by atoms with Gasteiger partial charge < -0.3 is 0 Å². The number of carbonyl (C=O) groups is 2. The third kappa shape index (κ3) is 4.89. The van der Waals surface area contributed by atoms with Gasteiger partial charge in [-0.05, 0) is 43.2 Å². The van der Waals surface area contributed by atoms with Gasteiger partial charge in [-0.1, -0.05) is 19.1 Å². The van der Waals surface area contributed by atoms with E-state index in [9.17, 15) is 22.4 Å². The van der Waals surface area contributed by atoms with Gasteiger partial charge in [-0.2, -0.15) is 0 Å². The number of nitrogens with one attached hydrogen (secondary N) is 2. The summed E-state index contributed by atoms with van der Waals surface area (Å²) in [7, 11) is -3.55. The normalized spacial score (nSPS) is 12.4. The molecule has 140 valence electrons. The monoisotopic (exact) mass is 398 g/mol. The van der Waals surface area contributed by atoms with Gasteiger partial charge in [-0.25, -0.2) is 12.8 Å². The maximum atomic E-state index is 13.0. The van der Waals surface area contributed by atoms with Crippen molar-refractivity contribution < 1.29 is 22.4 Å². The minimum Gasteiger partial charge on any atom is -0.272 e. The Morgan fingerprint density at radius 1 is 1.12 bits per heavy atom. The van der Waals surface area contributed by atoms with Crippen molar-refractivity contribution in [1.82, 2.24) is 10.9 Å². The fourth-order valence-corrected chi connectivity index (χ4v) is 4.35. The molecule has 0 radical (unpaired) electrons. The van der Waals surface area contributed by atoms with Crippen LogP contribution in [0.2, 0.25) is 0 Å². The van der Waals surface area contributed by atoms with Gasteiger partial charge >= 0.3 is 0 Å². The van der Waals surface area contributed by atoms with Crippen LogP contribution in [0.25, 0.3) is 10.4 Å². The zero-order valence-corrected chi connectivity index (χ0v) is 15.9. The van der Waals surface area contributed by atoms with Crippen LogP contribution >= 0.6 is 11.3 Å². The zero-order chi connectivity index (χ0) is 19.3. The lowest BCUT2D eigenvalue weighted by Gasteiger charge is -2.13. The lowest BCUT2D eigenvalue weighted by Crippen LogP contribution is -2.47. The second-order valence-corrected chi connectivity index (χ2v) is 9.15. The number of carbonyl (C=O) groups excluding carboxylic acids is 2. The molecule has 0 aliphatic heterocycles. The van der Waals surface area contributed by atoms with E-state index in [0.717, 1.165) is 10.4 Å². The first-order valence-corrected chi connectivity index (χ1v) is 10.5. The molecule has 2 N–H and O–H groups in total. The molecule has 2 aromatic rings. The Morgan fingerprint density at radius 3 is 2.38 bits per heavy atom. The molecule has 0 aliphatic rings. The average molecular weight is 398 g/mol. The Kier molecular flexibility index (Phi) is 6.49. The maximum Gasteiger partial charge on any atom is 0.279 e. The molecule has 0 saturated heterocycles. The number of rotatable bonds is 6. The summed E-state index contributed by atoms with van der Waals surface area (Å²) in [5, 5.41) is -1.25. The second-order valence-electron chi connectivity index (χ2n) is 5.62. The summed E-state index contributed by atoms with van der Waals surface area (Å²) >= 11 is 1.17. The Labute approximate surface area is 155 Å². The Morgan fingerprint density at radius 2 is 1.77 bits per heavy atom. The van der Waals surface area contributed by atoms with Gasteiger partial charge in [0.1, 0.15) is 11.1 Å². The number of hydrazine groups is 1. The van der Waals surface area contributed by atoms with Crippen molar-refractivity contribution in [2.75, 3.05) is 5.75 Å². The standard InChI is InChI=1S/C17H19FN2O4S2/c1-3-10-26(23,24)11(2)16(21)19-20-17(22)15-9-8-14(25-15)12-4-6-13(18)7-5-12/h4-9,11H,3,10H2,1-2H3,(H,19,21)(H,20,22). The Balaban J connectivity index is 1.98. The average Bonchev–Trinajstić information content (AvgIpc) is 3.09. The molecule has 2 amide bonds. The summed E-state index contributed by atoms with van der Waals surface area (Å²) in [6.45, 7) is 2.99. The van der Waals surface area contributed by atoms with Crippen LogP contribution in [0.15, 0.2) is 36.4 Å². The topological polar surface area (TPSA) is 92.3 Å². The van der Waals surface area contributed by atoms with Gasteiger partial charge in [0.2, 0.25) is 0 Å². The molecule has 0 aliphatic carbocycles. The first-order chi connectivity index (χ1) is 12.2. The third-order valence-corrected chi connectivity index (χ3v) is 7.06. The van der Waals surface area contributed by atoms with Crippen LogP contribution in [0, 0.1) is 5.82 Å². The predicted octanol–water partition coefficient (Wildman–Crippen LogP) is 2.53. The van der Waals surface area contributed by atoms with Crippen LogP contribution in [0.1, 0.15) is 29.9 Å². The highest BCUT2D eigenvalue weighted by molar-refractivity contribution is 7.92. The summed E-state index contributed by atoms with van der Waals surface area (Å²) in [6.07, 6.45) is 0.410. The number of benzene rings is 1. The molecule has 26 heavy (non-hydrogen) atoms. The van der Waals surface area contributed by atoms with Crippen molar-refractivity contribution in [2.45, 2.75) is 25.5 Å². The molecule has 9 heteroatoms. The molecular weight excluding hydrogens is 379 g/mol. The molecule has 1 aromatic heterocycles. The van der Waals surface area contributed by atoms with E-state index in [4.69, 9.17) is 0 Å². The van der Waals surface area contributed by atoms with Crippen LogP contribution in [0.4, 0.5) is 4.39 Å². The minimum absolute atomic E-state index is 0.0957. The second kappa shape index (κ2) is 8.41. The molecule has 1 unspecified atom stereocenters. The number of thiophene rings is 1. The van der Waals surface area contributed by atoms with Gasteiger partial charge in [0, 0.05) is 4.88 Å². The number of amides is 2. The van der Waals surface area contributed by atoms with Crippen LogP contribution in [-0.2, 0) is 14.6 Å². The van der Waals surface area contributed by atoms with Crippen LogP contribution in [0.5, 0.6) is 0 Å². The molecule has 0 saturated carbocycles. The number of sulfone groups is 1. The third-order valence-electron chi connectivity index (χ3n) is 3.65. The van der Waals surface area contributed by atoms with E-state index in [2.05, 4.69) is 10.9 Å². The Bertz CT molecular complexity index is 892. The largest absolute Gasteiger partial charge is 0.279 e. The first kappa shape index (κ1) is 20.1. The van der Waals surface area contributed by atoms with E-state index < -0.39 is 26.9 Å². The van der Waals surface area contributed by atoms with Gasteiger partial charge in [-0.15, -0.1) is 11.3 Å². The highest BCUT2D eigenvalue weighted by Crippen LogP contribution is 2.28. The summed E-state index contributed by atoms with van der Waals surface area (Å²) in [5.41, 5.74) is 5.12.